The summed E-state index contributed by atoms with van der Waals surface area (Å²) in [6, 6.07) is 10.7. The molecule has 0 aliphatic heterocycles. The predicted octanol–water partition coefficient (Wildman–Crippen LogP) is 4.83. The lowest BCUT2D eigenvalue weighted by molar-refractivity contribution is -0.142. The Morgan fingerprint density at radius 3 is 2.54 bits per heavy atom. The summed E-state index contributed by atoms with van der Waals surface area (Å²) in [6.07, 6.45) is 8.22. The van der Waals surface area contributed by atoms with Gasteiger partial charge in [0.2, 0.25) is 11.8 Å². The number of hydrogen-bond acceptors (Lipinski definition) is 3. The molecule has 0 atom stereocenters. The summed E-state index contributed by atoms with van der Waals surface area (Å²) in [7, 11) is 1.63. The Bertz CT molecular complexity index is 928. The van der Waals surface area contributed by atoms with Gasteiger partial charge in [-0.3, -0.25) is 9.59 Å². The highest BCUT2D eigenvalue weighted by Crippen LogP contribution is 2.25. The van der Waals surface area contributed by atoms with Crippen molar-refractivity contribution in [1.82, 2.24) is 14.4 Å². The summed E-state index contributed by atoms with van der Waals surface area (Å²) >= 11 is 5.82. The van der Waals surface area contributed by atoms with Gasteiger partial charge in [-0.05, 0) is 49.1 Å². The molecule has 8 heteroatoms. The van der Waals surface area contributed by atoms with Gasteiger partial charge in [0, 0.05) is 57.0 Å². The van der Waals surface area contributed by atoms with Gasteiger partial charge in [0.1, 0.15) is 5.82 Å². The van der Waals surface area contributed by atoms with E-state index in [1.807, 2.05) is 23.2 Å². The van der Waals surface area contributed by atoms with E-state index in [0.717, 1.165) is 36.9 Å². The van der Waals surface area contributed by atoms with Crippen LogP contribution in [0.25, 0.3) is 0 Å². The van der Waals surface area contributed by atoms with E-state index in [9.17, 15) is 14.0 Å². The lowest BCUT2D eigenvalue weighted by Crippen LogP contribution is -2.48. The number of methoxy groups -OCH3 is 1. The smallest absolute Gasteiger partial charge is 0.242 e. The summed E-state index contributed by atoms with van der Waals surface area (Å²) in [4.78, 5) is 29.9. The number of halogens is 2. The molecule has 35 heavy (non-hydrogen) atoms. The lowest BCUT2D eigenvalue weighted by Gasteiger charge is -2.36. The van der Waals surface area contributed by atoms with Gasteiger partial charge in [0.25, 0.3) is 0 Å². The minimum Gasteiger partial charge on any atom is -0.385 e. The van der Waals surface area contributed by atoms with E-state index in [4.69, 9.17) is 16.3 Å². The Labute approximate surface area is 213 Å². The summed E-state index contributed by atoms with van der Waals surface area (Å²) in [5.74, 6) is -0.161. The fourth-order valence-corrected chi connectivity index (χ4v) is 4.87. The zero-order valence-corrected chi connectivity index (χ0v) is 21.4. The van der Waals surface area contributed by atoms with E-state index in [2.05, 4.69) is 4.57 Å². The van der Waals surface area contributed by atoms with Crippen LogP contribution in [0.3, 0.4) is 0 Å². The lowest BCUT2D eigenvalue weighted by atomic mass is 9.94. The topological polar surface area (TPSA) is 54.8 Å². The molecule has 1 aliphatic carbocycles. The molecule has 0 saturated heterocycles. The van der Waals surface area contributed by atoms with Crippen molar-refractivity contribution in [3.8, 4) is 0 Å². The first-order chi connectivity index (χ1) is 17.0. The zero-order chi connectivity index (χ0) is 25.0. The highest BCUT2D eigenvalue weighted by molar-refractivity contribution is 6.18. The van der Waals surface area contributed by atoms with Crippen LogP contribution in [0, 0.1) is 5.82 Å². The van der Waals surface area contributed by atoms with E-state index in [-0.39, 0.29) is 42.5 Å². The Morgan fingerprint density at radius 1 is 1.11 bits per heavy atom. The third kappa shape index (κ3) is 8.36. The van der Waals surface area contributed by atoms with Crippen molar-refractivity contribution in [2.75, 3.05) is 32.7 Å². The number of carbonyl (C=O) groups is 2. The molecule has 6 nitrogen and oxygen atoms in total. The molecule has 1 saturated carbocycles. The van der Waals surface area contributed by atoms with E-state index >= 15 is 0 Å². The van der Waals surface area contributed by atoms with E-state index in [0.29, 0.717) is 32.7 Å². The molecule has 2 aromatic rings. The molecule has 1 heterocycles. The van der Waals surface area contributed by atoms with Crippen molar-refractivity contribution in [2.24, 2.45) is 0 Å². The second kappa shape index (κ2) is 14.2. The monoisotopic (exact) mass is 505 g/mol. The zero-order valence-electron chi connectivity index (χ0n) is 20.6. The van der Waals surface area contributed by atoms with Crippen LogP contribution in [0.5, 0.6) is 0 Å². The molecule has 1 aromatic heterocycles. The van der Waals surface area contributed by atoms with Gasteiger partial charge in [-0.15, -0.1) is 11.6 Å². The summed E-state index contributed by atoms with van der Waals surface area (Å²) in [5.41, 5.74) is 2.02. The fourth-order valence-electron chi connectivity index (χ4n) is 4.71. The number of rotatable bonds is 13. The van der Waals surface area contributed by atoms with Crippen LogP contribution in [-0.4, -0.2) is 64.9 Å². The number of hydrogen-bond donors (Lipinski definition) is 0. The van der Waals surface area contributed by atoms with Gasteiger partial charge in [-0.25, -0.2) is 4.39 Å². The average Bonchev–Trinajstić information content (AvgIpc) is 3.30. The first-order valence-electron chi connectivity index (χ1n) is 12.5. The van der Waals surface area contributed by atoms with Gasteiger partial charge < -0.3 is 19.1 Å². The number of nitrogens with zero attached hydrogens (tertiary/aromatic N) is 3. The third-order valence-electron chi connectivity index (χ3n) is 6.62. The van der Waals surface area contributed by atoms with Crippen LogP contribution in [0.4, 0.5) is 4.39 Å². The second-order valence-electron chi connectivity index (χ2n) is 9.17. The first-order valence-corrected chi connectivity index (χ1v) is 13.1. The standard InChI is InChI=1S/C27H37ClFN3O3/c1-35-18-6-17-31(26(33)14-15-28)21-27(34)32(24-7-3-2-4-8-24)20-25-9-5-16-30(25)19-22-10-12-23(29)13-11-22/h5,9-13,16,24H,2-4,6-8,14-15,17-21H2,1H3. The molecule has 1 fully saturated rings. The number of amides is 2. The number of ether oxygens (including phenoxy) is 1. The minimum absolute atomic E-state index is 0.0354. The minimum atomic E-state index is -0.255. The van der Waals surface area contributed by atoms with Gasteiger partial charge in [-0.1, -0.05) is 31.4 Å². The molecule has 192 valence electrons. The van der Waals surface area contributed by atoms with Crippen molar-refractivity contribution in [2.45, 2.75) is 64.1 Å². The van der Waals surface area contributed by atoms with Crippen molar-refractivity contribution >= 4 is 23.4 Å². The second-order valence-corrected chi connectivity index (χ2v) is 9.55. The molecule has 2 amide bonds. The highest BCUT2D eigenvalue weighted by Gasteiger charge is 2.28. The molecule has 0 spiro atoms. The van der Waals surface area contributed by atoms with E-state index < -0.39 is 0 Å². The van der Waals surface area contributed by atoms with Gasteiger partial charge in [-0.2, -0.15) is 0 Å². The Balaban J connectivity index is 1.76. The molecule has 0 N–H and O–H groups in total. The van der Waals surface area contributed by atoms with Gasteiger partial charge in [0.15, 0.2) is 0 Å². The SMILES string of the molecule is COCCCN(CC(=O)N(Cc1cccn1Cc1ccc(F)cc1)C1CCCCC1)C(=O)CCCl. The number of alkyl halides is 1. The summed E-state index contributed by atoms with van der Waals surface area (Å²) < 4.78 is 20.6. The molecule has 0 radical (unpaired) electrons. The molecule has 0 bridgehead atoms. The summed E-state index contributed by atoms with van der Waals surface area (Å²) in [5, 5.41) is 0. The van der Waals surface area contributed by atoms with Crippen molar-refractivity contribution in [3.05, 3.63) is 59.7 Å². The third-order valence-corrected chi connectivity index (χ3v) is 6.81. The van der Waals surface area contributed by atoms with Gasteiger partial charge in [0.05, 0.1) is 13.1 Å². The molecule has 0 unspecified atom stereocenters. The quantitative estimate of drug-likeness (QED) is 0.289. The Kier molecular flexibility index (Phi) is 11.1. The maximum atomic E-state index is 13.6. The van der Waals surface area contributed by atoms with Crippen LogP contribution in [0.15, 0.2) is 42.6 Å². The predicted molar refractivity (Wildman–Crippen MR) is 136 cm³/mol. The molecule has 1 aromatic carbocycles. The molecule has 1 aliphatic rings. The van der Waals surface area contributed by atoms with Gasteiger partial charge >= 0.3 is 0 Å². The van der Waals surface area contributed by atoms with E-state index in [1.54, 1.807) is 24.1 Å². The van der Waals surface area contributed by atoms with Crippen LogP contribution in [0.2, 0.25) is 0 Å². The normalized spacial score (nSPS) is 14.1. The maximum Gasteiger partial charge on any atom is 0.242 e. The van der Waals surface area contributed by atoms with Crippen molar-refractivity contribution in [3.63, 3.8) is 0 Å². The van der Waals surface area contributed by atoms with Crippen LogP contribution in [-0.2, 0) is 27.4 Å². The van der Waals surface area contributed by atoms with Crippen molar-refractivity contribution in [1.29, 1.82) is 0 Å². The van der Waals surface area contributed by atoms with E-state index in [1.165, 1.54) is 18.6 Å². The molecular formula is C27H37ClFN3O3. The molecular weight excluding hydrogens is 469 g/mol. The van der Waals surface area contributed by atoms with Crippen LogP contribution >= 0.6 is 11.6 Å². The van der Waals surface area contributed by atoms with Crippen LogP contribution in [0.1, 0.15) is 56.2 Å². The maximum absolute atomic E-state index is 13.6. The average molecular weight is 506 g/mol. The first kappa shape index (κ1) is 27.2. The largest absolute Gasteiger partial charge is 0.385 e. The summed E-state index contributed by atoms with van der Waals surface area (Å²) in [6.45, 7) is 2.13. The number of benzene rings is 1. The Hall–Kier alpha value is -2.38. The number of carbonyl (C=O) groups excluding carboxylic acids is 2. The Morgan fingerprint density at radius 2 is 1.86 bits per heavy atom. The van der Waals surface area contributed by atoms with Crippen LogP contribution < -0.4 is 0 Å². The molecule has 3 rings (SSSR count). The van der Waals surface area contributed by atoms with Crippen molar-refractivity contribution < 1.29 is 18.7 Å². The highest BCUT2D eigenvalue weighted by atomic mass is 35.5. The fraction of sp³-hybridized carbons (Fsp3) is 0.556. The number of aromatic nitrogens is 1.